The first-order chi connectivity index (χ1) is 13.0. The van der Waals surface area contributed by atoms with Crippen LogP contribution in [0, 0.1) is 0 Å². The van der Waals surface area contributed by atoms with Crippen LogP contribution in [0.5, 0.6) is 0 Å². The molecule has 0 radical (unpaired) electrons. The van der Waals surface area contributed by atoms with E-state index in [0.717, 1.165) is 6.92 Å². The van der Waals surface area contributed by atoms with Crippen molar-refractivity contribution < 1.29 is 45.0 Å². The van der Waals surface area contributed by atoms with Gasteiger partial charge in [0.2, 0.25) is 5.91 Å². The lowest BCUT2D eigenvalue weighted by molar-refractivity contribution is -0.305. The number of carboxylic acids is 1. The number of aliphatic carboxylic acids is 1. The van der Waals surface area contributed by atoms with E-state index < -0.39 is 60.6 Å². The zero-order valence-electron chi connectivity index (χ0n) is 14.8. The fraction of sp³-hybridized carbons (Fsp3) is 0.529. The van der Waals surface area contributed by atoms with Crippen molar-refractivity contribution in [1.82, 2.24) is 5.32 Å². The van der Waals surface area contributed by atoms with E-state index in [4.69, 9.17) is 9.84 Å². The molecular weight excluding hydrogens is 394 g/mol. The highest BCUT2D eigenvalue weighted by atomic mass is 32.1. The third-order valence-corrected chi connectivity index (χ3v) is 5.07. The summed E-state index contributed by atoms with van der Waals surface area (Å²) in [6.45, 7) is 0.219. The first-order valence-electron chi connectivity index (χ1n) is 8.38. The molecular formula is C17H23NO9S. The van der Waals surface area contributed by atoms with Crippen LogP contribution in [0.4, 0.5) is 0 Å². The van der Waals surface area contributed by atoms with Crippen LogP contribution in [0.2, 0.25) is 0 Å². The summed E-state index contributed by atoms with van der Waals surface area (Å²) in [5, 5.41) is 62.7. The van der Waals surface area contributed by atoms with Crippen molar-refractivity contribution in [2.45, 2.75) is 54.0 Å². The molecule has 1 aromatic carbocycles. The number of nitrogens with one attached hydrogen (secondary N) is 1. The molecule has 1 saturated heterocycles. The molecule has 0 aromatic heterocycles. The van der Waals surface area contributed by atoms with Crippen molar-refractivity contribution in [3.05, 3.63) is 29.8 Å². The lowest BCUT2D eigenvalue weighted by atomic mass is 9.76. The van der Waals surface area contributed by atoms with E-state index in [9.17, 15) is 35.1 Å². The van der Waals surface area contributed by atoms with Gasteiger partial charge in [0, 0.05) is 11.8 Å². The summed E-state index contributed by atoms with van der Waals surface area (Å²) in [6.07, 6.45) is -7.20. The van der Waals surface area contributed by atoms with Crippen LogP contribution in [-0.4, -0.2) is 85.4 Å². The van der Waals surface area contributed by atoms with Gasteiger partial charge < -0.3 is 40.7 Å². The number of rotatable bonds is 6. The van der Waals surface area contributed by atoms with E-state index in [0.29, 0.717) is 0 Å². The fourth-order valence-electron chi connectivity index (χ4n) is 3.33. The van der Waals surface area contributed by atoms with E-state index in [1.807, 2.05) is 0 Å². The molecule has 1 amide bonds. The van der Waals surface area contributed by atoms with Crippen LogP contribution in [0.25, 0.3) is 0 Å². The first-order valence-corrected chi connectivity index (χ1v) is 8.83. The second kappa shape index (κ2) is 8.74. The van der Waals surface area contributed by atoms with Crippen molar-refractivity contribution in [2.24, 2.45) is 0 Å². The van der Waals surface area contributed by atoms with Crippen molar-refractivity contribution in [3.8, 4) is 0 Å². The molecule has 0 bridgehead atoms. The lowest BCUT2D eigenvalue weighted by Crippen LogP contribution is -2.70. The van der Waals surface area contributed by atoms with E-state index in [1.165, 1.54) is 18.2 Å². The monoisotopic (exact) mass is 417 g/mol. The minimum atomic E-state index is -3.02. The highest BCUT2D eigenvalue weighted by Crippen LogP contribution is 2.43. The van der Waals surface area contributed by atoms with E-state index in [1.54, 1.807) is 6.07 Å². The number of amides is 1. The number of benzene rings is 1. The Balaban J connectivity index is 2.60. The van der Waals surface area contributed by atoms with Crippen molar-refractivity contribution in [3.63, 3.8) is 0 Å². The Morgan fingerprint density at radius 2 is 1.93 bits per heavy atom. The number of carbonyl (C=O) groups excluding carboxylic acids is 1. The largest absolute Gasteiger partial charge is 0.477 e. The van der Waals surface area contributed by atoms with Gasteiger partial charge in [0.25, 0.3) is 5.79 Å². The number of aliphatic hydroxyl groups excluding tert-OH is 4. The molecule has 28 heavy (non-hydrogen) atoms. The van der Waals surface area contributed by atoms with E-state index in [-0.39, 0.29) is 10.5 Å². The van der Waals surface area contributed by atoms with Gasteiger partial charge in [-0.3, -0.25) is 4.79 Å². The summed E-state index contributed by atoms with van der Waals surface area (Å²) >= 11 is 4.22. The zero-order valence-corrected chi connectivity index (χ0v) is 15.7. The number of hydrogen-bond donors (Lipinski definition) is 8. The van der Waals surface area contributed by atoms with Gasteiger partial charge in [-0.2, -0.15) is 0 Å². The van der Waals surface area contributed by atoms with Crippen LogP contribution < -0.4 is 5.32 Å². The standard InChI is InChI=1S/C17H23NO9S/c1-7(20)18-12-14(23)11(8-4-2-3-5-10(8)28)17(26,16(24)25)27-15(12)13(22)9(21)6-19/h2-5,9,11-15,19,21-23,26,28H,6H2,1H3,(H,18,20)(H,24,25)/t9-,11?,12-,13?,14+,15-,17-/m1/s1. The highest BCUT2D eigenvalue weighted by Gasteiger charge is 2.61. The molecule has 7 atom stereocenters. The van der Waals surface area contributed by atoms with Gasteiger partial charge in [-0.15, -0.1) is 12.6 Å². The van der Waals surface area contributed by atoms with Gasteiger partial charge in [-0.25, -0.2) is 4.79 Å². The third-order valence-electron chi connectivity index (χ3n) is 4.67. The van der Waals surface area contributed by atoms with Crippen LogP contribution in [0.1, 0.15) is 18.4 Å². The van der Waals surface area contributed by atoms with E-state index in [2.05, 4.69) is 17.9 Å². The molecule has 11 heteroatoms. The molecule has 1 aromatic rings. The van der Waals surface area contributed by atoms with Gasteiger partial charge in [0.1, 0.15) is 18.3 Å². The molecule has 10 nitrogen and oxygen atoms in total. The van der Waals surface area contributed by atoms with Crippen LogP contribution in [0.3, 0.4) is 0 Å². The maximum absolute atomic E-state index is 11.9. The summed E-state index contributed by atoms with van der Waals surface area (Å²) in [4.78, 5) is 23.7. The van der Waals surface area contributed by atoms with Crippen LogP contribution >= 0.6 is 12.6 Å². The third kappa shape index (κ3) is 4.15. The normalized spacial score (nSPS) is 32.4. The van der Waals surface area contributed by atoms with Crippen molar-refractivity contribution >= 4 is 24.5 Å². The molecule has 2 unspecified atom stereocenters. The molecule has 156 valence electrons. The molecule has 0 saturated carbocycles. The molecule has 2 rings (SSSR count). The molecule has 0 spiro atoms. The Labute approximate surface area is 165 Å². The van der Waals surface area contributed by atoms with Crippen LogP contribution in [-0.2, 0) is 14.3 Å². The highest BCUT2D eigenvalue weighted by molar-refractivity contribution is 7.80. The summed E-state index contributed by atoms with van der Waals surface area (Å²) in [5.74, 6) is -7.11. The SMILES string of the molecule is CC(=O)N[C@@H]1[C@@H](O)C(c2ccccc2S)[C@](O)(C(=O)O)O[C@H]1C(O)[C@H](O)CO. The van der Waals surface area contributed by atoms with Gasteiger partial charge in [0.05, 0.1) is 24.7 Å². The zero-order chi connectivity index (χ0) is 21.2. The summed E-state index contributed by atoms with van der Waals surface area (Å²) in [6, 6.07) is 4.67. The minimum Gasteiger partial charge on any atom is -0.477 e. The molecule has 1 fully saturated rings. The first kappa shape index (κ1) is 22.6. The Morgan fingerprint density at radius 3 is 2.43 bits per heavy atom. The molecule has 0 aliphatic carbocycles. The van der Waals surface area contributed by atoms with Gasteiger partial charge >= 0.3 is 5.97 Å². The molecule has 1 heterocycles. The molecule has 1 aliphatic heterocycles. The minimum absolute atomic E-state index is 0.134. The number of carboxylic acid groups (broad SMARTS) is 1. The maximum atomic E-state index is 11.9. The van der Waals surface area contributed by atoms with Crippen LogP contribution in [0.15, 0.2) is 29.2 Å². The Bertz CT molecular complexity index is 732. The lowest BCUT2D eigenvalue weighted by Gasteiger charge is -2.49. The number of hydrogen-bond acceptors (Lipinski definition) is 9. The van der Waals surface area contributed by atoms with Crippen molar-refractivity contribution in [1.29, 1.82) is 0 Å². The second-order valence-electron chi connectivity index (χ2n) is 6.58. The maximum Gasteiger partial charge on any atom is 0.365 e. The summed E-state index contributed by atoms with van der Waals surface area (Å²) in [5.41, 5.74) is 0.134. The number of ether oxygens (including phenoxy) is 1. The van der Waals surface area contributed by atoms with Gasteiger partial charge in [-0.1, -0.05) is 18.2 Å². The van der Waals surface area contributed by atoms with Crippen molar-refractivity contribution in [2.75, 3.05) is 6.61 Å². The average Bonchev–Trinajstić information content (AvgIpc) is 2.63. The van der Waals surface area contributed by atoms with Gasteiger partial charge in [-0.05, 0) is 11.6 Å². The Hall–Kier alpha value is -1.73. The summed E-state index contributed by atoms with van der Waals surface area (Å²) in [7, 11) is 0. The number of thiol groups is 1. The fourth-order valence-corrected chi connectivity index (χ4v) is 3.63. The summed E-state index contributed by atoms with van der Waals surface area (Å²) < 4.78 is 5.25. The van der Waals surface area contributed by atoms with Gasteiger partial charge in [0.15, 0.2) is 0 Å². The smallest absolute Gasteiger partial charge is 0.365 e. The Kier molecular flexibility index (Phi) is 7.04. The number of aliphatic hydroxyl groups is 5. The average molecular weight is 417 g/mol. The van der Waals surface area contributed by atoms with E-state index >= 15 is 0 Å². The molecule has 7 N–H and O–H groups in total. The Morgan fingerprint density at radius 1 is 1.32 bits per heavy atom. The quantitative estimate of drug-likeness (QED) is 0.239. The number of carbonyl (C=O) groups is 2. The molecule has 1 aliphatic rings. The predicted octanol–water partition coefficient (Wildman–Crippen LogP) is -2.19. The topological polar surface area (TPSA) is 177 Å². The predicted molar refractivity (Wildman–Crippen MR) is 96.6 cm³/mol. The second-order valence-corrected chi connectivity index (χ2v) is 7.06.